The van der Waals surface area contributed by atoms with Crippen molar-refractivity contribution in [3.8, 4) is 5.75 Å². The summed E-state index contributed by atoms with van der Waals surface area (Å²) in [7, 11) is -2.36. The highest BCUT2D eigenvalue weighted by atomic mass is 32.2. The van der Waals surface area contributed by atoms with Crippen LogP contribution >= 0.6 is 0 Å². The lowest BCUT2D eigenvalue weighted by Crippen LogP contribution is -2.38. The molecule has 1 amide bonds. The number of sulfonamides is 1. The molecule has 7 heteroatoms. The monoisotopic (exact) mass is 416 g/mol. The number of benzene rings is 2. The van der Waals surface area contributed by atoms with Gasteiger partial charge in [0.05, 0.1) is 18.6 Å². The van der Waals surface area contributed by atoms with Crippen molar-refractivity contribution in [2.75, 3.05) is 25.5 Å². The average molecular weight is 417 g/mol. The van der Waals surface area contributed by atoms with Crippen LogP contribution in [0.2, 0.25) is 0 Å². The highest BCUT2D eigenvalue weighted by Crippen LogP contribution is 2.29. The second kappa shape index (κ2) is 9.24. The van der Waals surface area contributed by atoms with Gasteiger partial charge < -0.3 is 10.1 Å². The van der Waals surface area contributed by atoms with Crippen molar-refractivity contribution in [3.63, 3.8) is 0 Å². The number of ether oxygens (including phenoxy) is 1. The SMILES string of the molecule is C=CCN(CC(=O)Nc1ccccc1C(C)(C)C)S(=O)(=O)c1ccc(OC)cc1. The molecule has 29 heavy (non-hydrogen) atoms. The number of para-hydroxylation sites is 1. The van der Waals surface area contributed by atoms with Gasteiger partial charge >= 0.3 is 0 Å². The Morgan fingerprint density at radius 3 is 2.31 bits per heavy atom. The third-order valence-electron chi connectivity index (χ3n) is 4.36. The minimum atomic E-state index is -3.87. The van der Waals surface area contributed by atoms with Gasteiger partial charge in [0.1, 0.15) is 5.75 Å². The van der Waals surface area contributed by atoms with Gasteiger partial charge in [0.25, 0.3) is 0 Å². The highest BCUT2D eigenvalue weighted by molar-refractivity contribution is 7.89. The number of nitrogens with one attached hydrogen (secondary N) is 1. The summed E-state index contributed by atoms with van der Waals surface area (Å²) >= 11 is 0. The van der Waals surface area contributed by atoms with Crippen LogP contribution in [-0.4, -0.2) is 38.8 Å². The van der Waals surface area contributed by atoms with Crippen LogP contribution in [0.3, 0.4) is 0 Å². The van der Waals surface area contributed by atoms with E-state index in [1.807, 2.05) is 24.3 Å². The molecule has 0 unspecified atom stereocenters. The minimum absolute atomic E-state index is 0.0166. The number of carbonyl (C=O) groups is 1. The maximum absolute atomic E-state index is 13.0. The van der Waals surface area contributed by atoms with Crippen molar-refractivity contribution in [3.05, 3.63) is 66.7 Å². The summed E-state index contributed by atoms with van der Waals surface area (Å²) in [4.78, 5) is 12.8. The summed E-state index contributed by atoms with van der Waals surface area (Å²) < 4.78 is 32.2. The number of hydrogen-bond acceptors (Lipinski definition) is 4. The predicted octanol–water partition coefficient (Wildman–Crippen LogP) is 3.81. The second-order valence-electron chi connectivity index (χ2n) is 7.61. The van der Waals surface area contributed by atoms with E-state index in [4.69, 9.17) is 4.74 Å². The Morgan fingerprint density at radius 2 is 1.76 bits per heavy atom. The first kappa shape index (κ1) is 22.6. The number of amides is 1. The van der Waals surface area contributed by atoms with Crippen LogP contribution in [0.5, 0.6) is 5.75 Å². The fourth-order valence-electron chi connectivity index (χ4n) is 2.88. The lowest BCUT2D eigenvalue weighted by Gasteiger charge is -2.24. The molecule has 2 aromatic rings. The maximum Gasteiger partial charge on any atom is 0.243 e. The Labute approximate surface area is 173 Å². The minimum Gasteiger partial charge on any atom is -0.497 e. The summed E-state index contributed by atoms with van der Waals surface area (Å²) in [5.74, 6) is 0.136. The largest absolute Gasteiger partial charge is 0.497 e. The van der Waals surface area contributed by atoms with Crippen LogP contribution in [0.4, 0.5) is 5.69 Å². The van der Waals surface area contributed by atoms with Crippen molar-refractivity contribution < 1.29 is 17.9 Å². The molecule has 1 N–H and O–H groups in total. The quantitative estimate of drug-likeness (QED) is 0.664. The van der Waals surface area contributed by atoms with E-state index in [-0.39, 0.29) is 23.4 Å². The van der Waals surface area contributed by atoms with Gasteiger partial charge in [0.2, 0.25) is 15.9 Å². The van der Waals surface area contributed by atoms with Crippen molar-refractivity contribution >= 4 is 21.6 Å². The van der Waals surface area contributed by atoms with Crippen molar-refractivity contribution in [1.82, 2.24) is 4.31 Å². The first-order chi connectivity index (χ1) is 13.6. The number of carbonyl (C=O) groups excluding carboxylic acids is 1. The van der Waals surface area contributed by atoms with E-state index in [9.17, 15) is 13.2 Å². The molecule has 0 aliphatic carbocycles. The Morgan fingerprint density at radius 1 is 1.14 bits per heavy atom. The molecule has 0 heterocycles. The zero-order valence-corrected chi connectivity index (χ0v) is 18.1. The van der Waals surface area contributed by atoms with Crippen LogP contribution in [0.15, 0.2) is 66.1 Å². The number of rotatable bonds is 8. The molecular weight excluding hydrogens is 388 g/mol. The van der Waals surface area contributed by atoms with Crippen LogP contribution in [0.1, 0.15) is 26.3 Å². The number of methoxy groups -OCH3 is 1. The molecule has 0 bridgehead atoms. The van der Waals surface area contributed by atoms with Crippen molar-refractivity contribution in [2.45, 2.75) is 31.1 Å². The fourth-order valence-corrected chi connectivity index (χ4v) is 4.25. The molecule has 0 aliphatic rings. The molecule has 2 rings (SSSR count). The summed E-state index contributed by atoms with van der Waals surface area (Å²) in [5.41, 5.74) is 1.48. The summed E-state index contributed by atoms with van der Waals surface area (Å²) in [6.45, 7) is 9.47. The van der Waals surface area contributed by atoms with Gasteiger partial charge in [-0.25, -0.2) is 8.42 Å². The number of nitrogens with zero attached hydrogens (tertiary/aromatic N) is 1. The molecule has 0 atom stereocenters. The molecular formula is C22H28N2O4S. The average Bonchev–Trinajstić information content (AvgIpc) is 2.67. The van der Waals surface area contributed by atoms with Gasteiger partial charge in [-0.2, -0.15) is 4.31 Å². The number of hydrogen-bond donors (Lipinski definition) is 1. The van der Waals surface area contributed by atoms with E-state index in [1.165, 1.54) is 25.3 Å². The maximum atomic E-state index is 13.0. The summed E-state index contributed by atoms with van der Waals surface area (Å²) in [5, 5.41) is 2.85. The lowest BCUT2D eigenvalue weighted by molar-refractivity contribution is -0.116. The molecule has 0 saturated heterocycles. The zero-order valence-electron chi connectivity index (χ0n) is 17.3. The molecule has 0 radical (unpaired) electrons. The van der Waals surface area contributed by atoms with Gasteiger partial charge in [-0.15, -0.1) is 6.58 Å². The topological polar surface area (TPSA) is 75.7 Å². The first-order valence-corrected chi connectivity index (χ1v) is 10.7. The molecule has 0 aliphatic heterocycles. The standard InChI is InChI=1S/C22H28N2O4S/c1-6-15-24(29(26,27)18-13-11-17(28-5)12-14-18)16-21(25)23-20-10-8-7-9-19(20)22(2,3)4/h6-14H,1,15-16H2,2-5H3,(H,23,25). The van der Waals surface area contributed by atoms with E-state index < -0.39 is 15.9 Å². The van der Waals surface area contributed by atoms with Crippen molar-refractivity contribution in [1.29, 1.82) is 0 Å². The smallest absolute Gasteiger partial charge is 0.243 e. The third kappa shape index (κ3) is 5.68. The van der Waals surface area contributed by atoms with Crippen molar-refractivity contribution in [2.24, 2.45) is 0 Å². The normalized spacial score (nSPS) is 11.9. The molecule has 0 aromatic heterocycles. The van der Waals surface area contributed by atoms with Crippen LogP contribution in [0, 0.1) is 0 Å². The number of anilines is 1. The molecule has 0 spiro atoms. The predicted molar refractivity (Wildman–Crippen MR) is 116 cm³/mol. The Hall–Kier alpha value is -2.64. The van der Waals surface area contributed by atoms with Gasteiger partial charge in [-0.05, 0) is 41.3 Å². The van der Waals surface area contributed by atoms with Gasteiger partial charge in [0, 0.05) is 12.2 Å². The Bertz CT molecular complexity index is 961. The fraction of sp³-hybridized carbons (Fsp3) is 0.318. The van der Waals surface area contributed by atoms with Gasteiger partial charge in [0.15, 0.2) is 0 Å². The van der Waals surface area contributed by atoms with Crippen LogP contribution < -0.4 is 10.1 Å². The van der Waals surface area contributed by atoms with Gasteiger partial charge in [-0.3, -0.25) is 4.79 Å². The zero-order chi connectivity index (χ0) is 21.7. The first-order valence-electron chi connectivity index (χ1n) is 9.24. The molecule has 156 valence electrons. The van der Waals surface area contributed by atoms with E-state index in [2.05, 4.69) is 32.7 Å². The lowest BCUT2D eigenvalue weighted by atomic mass is 9.86. The third-order valence-corrected chi connectivity index (χ3v) is 6.18. The van der Waals surface area contributed by atoms with E-state index in [1.54, 1.807) is 12.1 Å². The second-order valence-corrected chi connectivity index (χ2v) is 9.54. The van der Waals surface area contributed by atoms with Crippen LogP contribution in [0.25, 0.3) is 0 Å². The Balaban J connectivity index is 2.24. The van der Waals surface area contributed by atoms with Crippen LogP contribution in [-0.2, 0) is 20.2 Å². The summed E-state index contributed by atoms with van der Waals surface area (Å²) in [6.07, 6.45) is 1.46. The molecule has 0 fully saturated rings. The van der Waals surface area contributed by atoms with E-state index in [0.717, 1.165) is 9.87 Å². The van der Waals surface area contributed by atoms with Gasteiger partial charge in [-0.1, -0.05) is 45.0 Å². The molecule has 6 nitrogen and oxygen atoms in total. The van der Waals surface area contributed by atoms with E-state index in [0.29, 0.717) is 11.4 Å². The molecule has 2 aromatic carbocycles. The molecule has 0 saturated carbocycles. The van der Waals surface area contributed by atoms with E-state index >= 15 is 0 Å². The summed E-state index contributed by atoms with van der Waals surface area (Å²) in [6, 6.07) is 13.6. The highest BCUT2D eigenvalue weighted by Gasteiger charge is 2.26. The Kier molecular flexibility index (Phi) is 7.21.